The fourth-order valence-corrected chi connectivity index (χ4v) is 5.47. The summed E-state index contributed by atoms with van der Waals surface area (Å²) in [5, 5.41) is 2.17. The van der Waals surface area contributed by atoms with Crippen molar-refractivity contribution in [2.75, 3.05) is 0 Å². The average Bonchev–Trinajstić information content (AvgIpc) is 3.37. The quantitative estimate of drug-likeness (QED) is 0.125. The maximum atomic E-state index is 13.1. The Hall–Kier alpha value is -5.02. The van der Waals surface area contributed by atoms with E-state index in [0.29, 0.717) is 5.56 Å². The lowest BCUT2D eigenvalue weighted by Gasteiger charge is -2.38. The van der Waals surface area contributed by atoms with Gasteiger partial charge in [0.05, 0.1) is 12.0 Å². The standard InChI is InChI=1S/C36H28N2O/c1-27-34(23-24-35(39)30-22-21-28-13-11-12-14-29(28)25-30)37-26-38(27)36(31-15-5-2-6-16-31,32-17-7-3-8-18-32)33-19-9-4-10-20-33/h2-26H,1H3. The van der Waals surface area contributed by atoms with Crippen LogP contribution in [-0.2, 0) is 5.54 Å². The molecule has 3 heteroatoms. The molecule has 0 spiro atoms. The number of hydrogen-bond acceptors (Lipinski definition) is 2. The molecule has 0 aliphatic rings. The molecule has 39 heavy (non-hydrogen) atoms. The highest BCUT2D eigenvalue weighted by Gasteiger charge is 2.39. The number of rotatable bonds is 7. The predicted octanol–water partition coefficient (Wildman–Crippen LogP) is 8.08. The first-order valence-corrected chi connectivity index (χ1v) is 13.1. The number of benzene rings is 5. The summed E-state index contributed by atoms with van der Waals surface area (Å²) in [5.74, 6) is -0.0462. The zero-order chi connectivity index (χ0) is 26.7. The van der Waals surface area contributed by atoms with Gasteiger partial charge in [0.25, 0.3) is 0 Å². The van der Waals surface area contributed by atoms with Crippen LogP contribution >= 0.6 is 0 Å². The second-order valence-electron chi connectivity index (χ2n) is 9.65. The van der Waals surface area contributed by atoms with Gasteiger partial charge in [0, 0.05) is 11.3 Å². The summed E-state index contributed by atoms with van der Waals surface area (Å²) < 4.78 is 2.23. The molecule has 0 saturated heterocycles. The SMILES string of the molecule is Cc1c(C=CC(=O)c2ccc3ccccc3c2)ncn1C(c1ccccc1)(c1ccccc1)c1ccccc1. The van der Waals surface area contributed by atoms with Crippen molar-refractivity contribution >= 4 is 22.6 Å². The Labute approximate surface area is 228 Å². The molecule has 5 aromatic carbocycles. The first-order valence-electron chi connectivity index (χ1n) is 13.1. The Balaban J connectivity index is 1.47. The average molecular weight is 505 g/mol. The van der Waals surface area contributed by atoms with Gasteiger partial charge < -0.3 is 4.57 Å². The number of carbonyl (C=O) groups is 1. The Morgan fingerprint density at radius 3 is 1.74 bits per heavy atom. The van der Waals surface area contributed by atoms with Gasteiger partial charge in [-0.05, 0) is 52.6 Å². The van der Waals surface area contributed by atoms with Crippen LogP contribution in [0.15, 0.2) is 146 Å². The number of hydrogen-bond donors (Lipinski definition) is 0. The van der Waals surface area contributed by atoms with Crippen molar-refractivity contribution < 1.29 is 4.79 Å². The number of aromatic nitrogens is 2. The monoisotopic (exact) mass is 504 g/mol. The van der Waals surface area contributed by atoms with Crippen LogP contribution in [0.2, 0.25) is 0 Å². The lowest BCUT2D eigenvalue weighted by molar-refractivity contribution is 0.104. The molecular weight excluding hydrogens is 476 g/mol. The second kappa shape index (κ2) is 10.4. The molecule has 0 aliphatic carbocycles. The molecule has 0 unspecified atom stereocenters. The summed E-state index contributed by atoms with van der Waals surface area (Å²) in [7, 11) is 0. The van der Waals surface area contributed by atoms with Crippen molar-refractivity contribution in [3.05, 3.63) is 180 Å². The summed E-state index contributed by atoms with van der Waals surface area (Å²) in [6.07, 6.45) is 5.34. The van der Waals surface area contributed by atoms with Crippen molar-refractivity contribution in [1.82, 2.24) is 9.55 Å². The fraction of sp³-hybridized carbons (Fsp3) is 0.0556. The third-order valence-corrected chi connectivity index (χ3v) is 7.41. The molecule has 0 N–H and O–H groups in total. The maximum Gasteiger partial charge on any atom is 0.185 e. The van der Waals surface area contributed by atoms with E-state index in [2.05, 4.69) is 84.3 Å². The van der Waals surface area contributed by atoms with Gasteiger partial charge >= 0.3 is 0 Å². The van der Waals surface area contributed by atoms with Gasteiger partial charge in [0.2, 0.25) is 0 Å². The van der Waals surface area contributed by atoms with E-state index in [9.17, 15) is 4.79 Å². The molecule has 1 heterocycles. The van der Waals surface area contributed by atoms with Gasteiger partial charge in [0.15, 0.2) is 5.78 Å². The first-order chi connectivity index (χ1) is 19.2. The lowest BCUT2D eigenvalue weighted by Crippen LogP contribution is -2.38. The number of fused-ring (bicyclic) bond motifs is 1. The van der Waals surface area contributed by atoms with Crippen LogP contribution < -0.4 is 0 Å². The van der Waals surface area contributed by atoms with Crippen LogP contribution in [0.4, 0.5) is 0 Å². The van der Waals surface area contributed by atoms with Crippen LogP contribution in [0.1, 0.15) is 38.4 Å². The highest BCUT2D eigenvalue weighted by atomic mass is 16.1. The molecule has 0 saturated carbocycles. The molecule has 6 rings (SSSR count). The molecule has 0 radical (unpaired) electrons. The van der Waals surface area contributed by atoms with Gasteiger partial charge in [0.1, 0.15) is 5.54 Å². The third-order valence-electron chi connectivity index (χ3n) is 7.41. The summed E-state index contributed by atoms with van der Waals surface area (Å²) in [4.78, 5) is 17.9. The van der Waals surface area contributed by atoms with Gasteiger partial charge in [-0.15, -0.1) is 0 Å². The molecule has 1 aromatic heterocycles. The summed E-state index contributed by atoms with van der Waals surface area (Å²) in [6.45, 7) is 2.07. The third kappa shape index (κ3) is 4.38. The number of carbonyl (C=O) groups excluding carboxylic acids is 1. The largest absolute Gasteiger partial charge is 0.316 e. The number of nitrogens with zero attached hydrogens (tertiary/aromatic N) is 2. The Bertz CT molecular complexity index is 1670. The molecule has 0 atom stereocenters. The molecule has 188 valence electrons. The predicted molar refractivity (Wildman–Crippen MR) is 159 cm³/mol. The highest BCUT2D eigenvalue weighted by Crippen LogP contribution is 2.41. The van der Waals surface area contributed by atoms with E-state index in [4.69, 9.17) is 4.98 Å². The Kier molecular flexibility index (Phi) is 6.48. The van der Waals surface area contributed by atoms with Crippen molar-refractivity contribution in [1.29, 1.82) is 0 Å². The van der Waals surface area contributed by atoms with Crippen LogP contribution in [0.5, 0.6) is 0 Å². The fourth-order valence-electron chi connectivity index (χ4n) is 5.47. The Morgan fingerprint density at radius 1 is 0.667 bits per heavy atom. The maximum absolute atomic E-state index is 13.1. The van der Waals surface area contributed by atoms with E-state index in [1.807, 2.05) is 73.1 Å². The van der Waals surface area contributed by atoms with Crippen LogP contribution in [0.25, 0.3) is 16.8 Å². The van der Waals surface area contributed by atoms with E-state index in [1.54, 1.807) is 6.08 Å². The summed E-state index contributed by atoms with van der Waals surface area (Å²) in [6, 6.07) is 45.4. The van der Waals surface area contributed by atoms with E-state index >= 15 is 0 Å². The minimum absolute atomic E-state index is 0.0462. The minimum Gasteiger partial charge on any atom is -0.316 e. The van der Waals surface area contributed by atoms with Crippen molar-refractivity contribution in [3.8, 4) is 0 Å². The topological polar surface area (TPSA) is 34.9 Å². The summed E-state index contributed by atoms with van der Waals surface area (Å²) in [5.41, 5.74) is 5.14. The molecule has 0 fully saturated rings. The van der Waals surface area contributed by atoms with Crippen molar-refractivity contribution in [2.45, 2.75) is 12.5 Å². The van der Waals surface area contributed by atoms with Crippen molar-refractivity contribution in [2.24, 2.45) is 0 Å². The molecular formula is C36H28N2O. The zero-order valence-electron chi connectivity index (χ0n) is 21.7. The van der Waals surface area contributed by atoms with E-state index in [1.165, 1.54) is 0 Å². The zero-order valence-corrected chi connectivity index (χ0v) is 21.7. The van der Waals surface area contributed by atoms with Gasteiger partial charge in [-0.3, -0.25) is 4.79 Å². The molecule has 6 aromatic rings. The van der Waals surface area contributed by atoms with Crippen molar-refractivity contribution in [3.63, 3.8) is 0 Å². The second-order valence-corrected chi connectivity index (χ2v) is 9.65. The van der Waals surface area contributed by atoms with Gasteiger partial charge in [-0.2, -0.15) is 0 Å². The Morgan fingerprint density at radius 2 is 1.18 bits per heavy atom. The number of imidazole rings is 1. The van der Waals surface area contributed by atoms with E-state index < -0.39 is 5.54 Å². The van der Waals surface area contributed by atoms with Crippen LogP contribution in [-0.4, -0.2) is 15.3 Å². The smallest absolute Gasteiger partial charge is 0.185 e. The molecule has 3 nitrogen and oxygen atoms in total. The molecule has 0 aliphatic heterocycles. The minimum atomic E-state index is -0.644. The van der Waals surface area contributed by atoms with Gasteiger partial charge in [-0.25, -0.2) is 4.98 Å². The first kappa shape index (κ1) is 24.3. The van der Waals surface area contributed by atoms with E-state index in [0.717, 1.165) is 38.9 Å². The molecule has 0 bridgehead atoms. The summed E-state index contributed by atoms with van der Waals surface area (Å²) >= 11 is 0. The normalized spacial score (nSPS) is 11.7. The van der Waals surface area contributed by atoms with E-state index in [-0.39, 0.29) is 5.78 Å². The highest BCUT2D eigenvalue weighted by molar-refractivity contribution is 6.08. The molecule has 0 amide bonds. The lowest BCUT2D eigenvalue weighted by atomic mass is 9.76. The number of allylic oxidation sites excluding steroid dienone is 1. The van der Waals surface area contributed by atoms with Gasteiger partial charge in [-0.1, -0.05) is 127 Å². The number of ketones is 1. The van der Waals surface area contributed by atoms with Crippen LogP contribution in [0, 0.1) is 6.92 Å². The van der Waals surface area contributed by atoms with Crippen LogP contribution in [0.3, 0.4) is 0 Å².